The molecule has 1 N–H and O–H groups in total. The standard InChI is InChI=1S/C21H20N4O4S/c1-12-9-10-17-18(13(12)2)23-20(25(17)30(28,29)24(3)4)19-15(21(26)27)11-14-7-5-6-8-16(14)22-19/h5-11H,1-4H3,(H,26,27). The SMILES string of the molecule is Cc1ccc2c(nc(-c3nc4ccccc4cc3C(=O)O)n2S(=O)(=O)N(C)C)c1C. The van der Waals surface area contributed by atoms with Gasteiger partial charge in [0.1, 0.15) is 5.69 Å². The number of aryl methyl sites for hydroxylation is 2. The van der Waals surface area contributed by atoms with Gasteiger partial charge in [0, 0.05) is 19.5 Å². The van der Waals surface area contributed by atoms with Crippen LogP contribution in [0, 0.1) is 13.8 Å². The zero-order valence-electron chi connectivity index (χ0n) is 16.9. The van der Waals surface area contributed by atoms with Crippen LogP contribution < -0.4 is 0 Å². The number of nitrogens with zero attached hydrogens (tertiary/aromatic N) is 4. The van der Waals surface area contributed by atoms with Crippen molar-refractivity contribution in [1.82, 2.24) is 18.2 Å². The summed E-state index contributed by atoms with van der Waals surface area (Å²) in [6, 6.07) is 12.1. The maximum absolute atomic E-state index is 13.2. The number of rotatable bonds is 4. The predicted molar refractivity (Wildman–Crippen MR) is 115 cm³/mol. The van der Waals surface area contributed by atoms with Crippen molar-refractivity contribution < 1.29 is 18.3 Å². The quantitative estimate of drug-likeness (QED) is 0.539. The molecule has 0 unspecified atom stereocenters. The van der Waals surface area contributed by atoms with Crippen molar-refractivity contribution in [2.45, 2.75) is 13.8 Å². The summed E-state index contributed by atoms with van der Waals surface area (Å²) in [5.74, 6) is -1.24. The molecule has 0 saturated carbocycles. The molecule has 0 fully saturated rings. The fourth-order valence-corrected chi connectivity index (χ4v) is 4.42. The molecule has 0 atom stereocenters. The molecule has 0 radical (unpaired) electrons. The third kappa shape index (κ3) is 2.94. The molecule has 0 aliphatic heterocycles. The number of carboxylic acid groups (broad SMARTS) is 1. The Morgan fingerprint density at radius 1 is 1.07 bits per heavy atom. The molecule has 0 bridgehead atoms. The van der Waals surface area contributed by atoms with Gasteiger partial charge in [-0.15, -0.1) is 0 Å². The number of fused-ring (bicyclic) bond motifs is 2. The first-order valence-electron chi connectivity index (χ1n) is 9.18. The van der Waals surface area contributed by atoms with E-state index in [0.29, 0.717) is 21.9 Å². The van der Waals surface area contributed by atoms with Gasteiger partial charge >= 0.3 is 16.2 Å². The summed E-state index contributed by atoms with van der Waals surface area (Å²) in [5.41, 5.74) is 3.06. The van der Waals surface area contributed by atoms with Crippen molar-refractivity contribution in [3.8, 4) is 11.5 Å². The molecule has 4 rings (SSSR count). The average molecular weight is 424 g/mol. The van der Waals surface area contributed by atoms with Crippen LogP contribution >= 0.6 is 0 Å². The molecule has 0 aliphatic rings. The molecule has 0 amide bonds. The van der Waals surface area contributed by atoms with Crippen molar-refractivity contribution in [1.29, 1.82) is 0 Å². The first-order valence-corrected chi connectivity index (χ1v) is 10.6. The number of carboxylic acids is 1. The number of aromatic nitrogens is 3. The minimum absolute atomic E-state index is 0.000113. The summed E-state index contributed by atoms with van der Waals surface area (Å²) in [4.78, 5) is 21.1. The van der Waals surface area contributed by atoms with Gasteiger partial charge in [-0.05, 0) is 43.2 Å². The Hall–Kier alpha value is -3.30. The van der Waals surface area contributed by atoms with E-state index in [1.165, 1.54) is 20.2 Å². The van der Waals surface area contributed by atoms with Crippen LogP contribution in [0.1, 0.15) is 21.5 Å². The number of aromatic carboxylic acids is 1. The van der Waals surface area contributed by atoms with Crippen molar-refractivity contribution >= 4 is 38.1 Å². The third-order valence-electron chi connectivity index (χ3n) is 5.17. The smallest absolute Gasteiger partial charge is 0.338 e. The lowest BCUT2D eigenvalue weighted by Gasteiger charge is -2.16. The Morgan fingerprint density at radius 2 is 1.77 bits per heavy atom. The molecule has 30 heavy (non-hydrogen) atoms. The molecule has 0 spiro atoms. The molecule has 2 aromatic heterocycles. The van der Waals surface area contributed by atoms with E-state index in [9.17, 15) is 18.3 Å². The molecular weight excluding hydrogens is 404 g/mol. The second-order valence-corrected chi connectivity index (χ2v) is 9.24. The summed E-state index contributed by atoms with van der Waals surface area (Å²) in [7, 11) is -1.18. The summed E-state index contributed by atoms with van der Waals surface area (Å²) in [5, 5.41) is 10.5. The van der Waals surface area contributed by atoms with Crippen LogP contribution in [0.3, 0.4) is 0 Å². The van der Waals surface area contributed by atoms with E-state index in [1.807, 2.05) is 19.9 Å². The minimum atomic E-state index is -4.01. The van der Waals surface area contributed by atoms with Crippen molar-refractivity contribution in [2.75, 3.05) is 14.1 Å². The topological polar surface area (TPSA) is 105 Å². The largest absolute Gasteiger partial charge is 0.478 e. The summed E-state index contributed by atoms with van der Waals surface area (Å²) in [6.07, 6.45) is 0. The van der Waals surface area contributed by atoms with Gasteiger partial charge in [-0.1, -0.05) is 24.3 Å². The second kappa shape index (κ2) is 6.89. The summed E-state index contributed by atoms with van der Waals surface area (Å²) >= 11 is 0. The molecule has 8 nitrogen and oxygen atoms in total. The molecule has 2 aromatic carbocycles. The molecule has 2 heterocycles. The second-order valence-electron chi connectivity index (χ2n) is 7.25. The van der Waals surface area contributed by atoms with E-state index >= 15 is 0 Å². The normalized spacial score (nSPS) is 12.2. The zero-order chi connectivity index (χ0) is 21.8. The van der Waals surface area contributed by atoms with Crippen LogP contribution in [-0.4, -0.2) is 51.8 Å². The van der Waals surface area contributed by atoms with Gasteiger partial charge in [0.15, 0.2) is 5.82 Å². The first-order chi connectivity index (χ1) is 14.1. The Kier molecular flexibility index (Phi) is 4.59. The van der Waals surface area contributed by atoms with Gasteiger partial charge in [-0.25, -0.2) is 18.7 Å². The number of hydrogen-bond donors (Lipinski definition) is 1. The highest BCUT2D eigenvalue weighted by Crippen LogP contribution is 2.32. The molecular formula is C21H20N4O4S. The molecule has 0 aliphatic carbocycles. The van der Waals surface area contributed by atoms with Crippen LogP contribution in [0.2, 0.25) is 0 Å². The Morgan fingerprint density at radius 3 is 2.43 bits per heavy atom. The summed E-state index contributed by atoms with van der Waals surface area (Å²) < 4.78 is 28.6. The third-order valence-corrected chi connectivity index (χ3v) is 6.92. The van der Waals surface area contributed by atoms with Crippen LogP contribution in [0.25, 0.3) is 33.5 Å². The van der Waals surface area contributed by atoms with Gasteiger partial charge in [-0.2, -0.15) is 12.7 Å². The van der Waals surface area contributed by atoms with E-state index in [2.05, 4.69) is 9.97 Å². The lowest BCUT2D eigenvalue weighted by Crippen LogP contribution is -2.29. The number of pyridine rings is 1. The Bertz CT molecular complexity index is 1440. The maximum atomic E-state index is 13.2. The lowest BCUT2D eigenvalue weighted by atomic mass is 10.1. The van der Waals surface area contributed by atoms with Crippen LogP contribution in [0.4, 0.5) is 0 Å². The van der Waals surface area contributed by atoms with Gasteiger partial charge in [-0.3, -0.25) is 0 Å². The highest BCUT2D eigenvalue weighted by molar-refractivity contribution is 7.87. The highest BCUT2D eigenvalue weighted by atomic mass is 32.2. The fourth-order valence-electron chi connectivity index (χ4n) is 3.35. The van der Waals surface area contributed by atoms with Crippen LogP contribution in [0.15, 0.2) is 42.5 Å². The predicted octanol–water partition coefficient (Wildman–Crippen LogP) is 3.22. The fraction of sp³-hybridized carbons (Fsp3) is 0.190. The molecule has 9 heteroatoms. The minimum Gasteiger partial charge on any atom is -0.478 e. The van der Waals surface area contributed by atoms with Crippen LogP contribution in [-0.2, 0) is 10.2 Å². The maximum Gasteiger partial charge on any atom is 0.338 e. The lowest BCUT2D eigenvalue weighted by molar-refractivity contribution is 0.0697. The molecule has 0 saturated heterocycles. The Labute approximate surface area is 173 Å². The zero-order valence-corrected chi connectivity index (χ0v) is 17.7. The number of benzene rings is 2. The van der Waals surface area contributed by atoms with Gasteiger partial charge < -0.3 is 5.11 Å². The Balaban J connectivity index is 2.20. The van der Waals surface area contributed by atoms with Gasteiger partial charge in [0.2, 0.25) is 0 Å². The van der Waals surface area contributed by atoms with Crippen LogP contribution in [0.5, 0.6) is 0 Å². The molecule has 154 valence electrons. The number of carbonyl (C=O) groups is 1. The first kappa shape index (κ1) is 20.0. The van der Waals surface area contributed by atoms with E-state index in [-0.39, 0.29) is 17.1 Å². The van der Waals surface area contributed by atoms with Crippen molar-refractivity contribution in [3.05, 3.63) is 59.2 Å². The highest BCUT2D eigenvalue weighted by Gasteiger charge is 2.29. The van der Waals surface area contributed by atoms with Crippen molar-refractivity contribution in [2.24, 2.45) is 0 Å². The average Bonchev–Trinajstić information content (AvgIpc) is 3.10. The number of para-hydroxylation sites is 1. The monoisotopic (exact) mass is 424 g/mol. The van der Waals surface area contributed by atoms with Crippen molar-refractivity contribution in [3.63, 3.8) is 0 Å². The van der Waals surface area contributed by atoms with E-state index < -0.39 is 16.2 Å². The summed E-state index contributed by atoms with van der Waals surface area (Å²) in [6.45, 7) is 3.76. The molecule has 4 aromatic rings. The van der Waals surface area contributed by atoms with E-state index in [4.69, 9.17) is 0 Å². The van der Waals surface area contributed by atoms with E-state index in [1.54, 1.807) is 30.3 Å². The van der Waals surface area contributed by atoms with Gasteiger partial charge in [0.25, 0.3) is 0 Å². The van der Waals surface area contributed by atoms with E-state index in [0.717, 1.165) is 19.4 Å². The van der Waals surface area contributed by atoms with Gasteiger partial charge in [0.05, 0.1) is 22.1 Å². The number of hydrogen-bond acceptors (Lipinski definition) is 5. The number of imidazole rings is 1.